The van der Waals surface area contributed by atoms with Crippen molar-refractivity contribution in [2.24, 2.45) is 0 Å². The number of nitrogens with one attached hydrogen (secondary N) is 1. The molecule has 0 spiro atoms. The minimum Gasteiger partial charge on any atom is -0.368 e. The second kappa shape index (κ2) is 10.5. The Morgan fingerprint density at radius 2 is 1.04 bits per heavy atom. The van der Waals surface area contributed by atoms with Crippen molar-refractivity contribution >= 4 is 11.1 Å². The van der Waals surface area contributed by atoms with Crippen LogP contribution in [0, 0.1) is 0 Å². The predicted molar refractivity (Wildman–Crippen MR) is 111 cm³/mol. The van der Waals surface area contributed by atoms with Gasteiger partial charge in [0.2, 0.25) is 0 Å². The lowest BCUT2D eigenvalue weighted by Crippen LogP contribution is -1.90. The molecule has 0 unspecified atom stereocenters. The lowest BCUT2D eigenvalue weighted by molar-refractivity contribution is 1.20. The largest absolute Gasteiger partial charge is 0.368 e. The van der Waals surface area contributed by atoms with Gasteiger partial charge in [-0.1, -0.05) is 98.1 Å². The molecule has 0 atom stereocenters. The SMILES string of the molecule is C=C/C(=C\C=C\N/C=C/C=C(\C=C)c1ccccc1)c1ccccc1. The summed E-state index contributed by atoms with van der Waals surface area (Å²) in [5.41, 5.74) is 4.47. The zero-order valence-corrected chi connectivity index (χ0v) is 14.3. The van der Waals surface area contributed by atoms with Crippen molar-refractivity contribution < 1.29 is 0 Å². The summed E-state index contributed by atoms with van der Waals surface area (Å²) in [6, 6.07) is 20.4. The second-order valence-electron chi connectivity index (χ2n) is 5.27. The van der Waals surface area contributed by atoms with Gasteiger partial charge in [-0.05, 0) is 34.4 Å². The molecule has 25 heavy (non-hydrogen) atoms. The molecule has 1 nitrogen and oxygen atoms in total. The number of benzene rings is 2. The van der Waals surface area contributed by atoms with E-state index in [-0.39, 0.29) is 0 Å². The van der Waals surface area contributed by atoms with Crippen molar-refractivity contribution in [3.63, 3.8) is 0 Å². The molecule has 0 radical (unpaired) electrons. The van der Waals surface area contributed by atoms with Gasteiger partial charge in [0.1, 0.15) is 0 Å². The van der Waals surface area contributed by atoms with E-state index in [1.807, 2.05) is 85.3 Å². The fourth-order valence-corrected chi connectivity index (χ4v) is 2.30. The van der Waals surface area contributed by atoms with E-state index in [9.17, 15) is 0 Å². The molecule has 0 bridgehead atoms. The molecule has 0 aliphatic heterocycles. The predicted octanol–water partition coefficient (Wildman–Crippen LogP) is 6.14. The first-order chi connectivity index (χ1) is 12.3. The Labute approximate surface area is 150 Å². The van der Waals surface area contributed by atoms with Crippen molar-refractivity contribution in [2.45, 2.75) is 0 Å². The quantitative estimate of drug-likeness (QED) is 0.575. The lowest BCUT2D eigenvalue weighted by Gasteiger charge is -2.00. The summed E-state index contributed by atoms with van der Waals surface area (Å²) in [5, 5.41) is 3.13. The van der Waals surface area contributed by atoms with Gasteiger partial charge in [-0.15, -0.1) is 0 Å². The van der Waals surface area contributed by atoms with Crippen LogP contribution >= 0.6 is 0 Å². The van der Waals surface area contributed by atoms with E-state index in [0.29, 0.717) is 0 Å². The first-order valence-corrected chi connectivity index (χ1v) is 8.20. The molecule has 0 aliphatic carbocycles. The molecule has 0 aliphatic rings. The fraction of sp³-hybridized carbons (Fsp3) is 0. The average Bonchev–Trinajstić information content (AvgIpc) is 2.68. The van der Waals surface area contributed by atoms with Crippen LogP contribution in [-0.4, -0.2) is 0 Å². The molecule has 0 amide bonds. The lowest BCUT2D eigenvalue weighted by atomic mass is 10.1. The normalized spacial score (nSPS) is 12.5. The number of hydrogen-bond acceptors (Lipinski definition) is 1. The molecule has 2 aromatic carbocycles. The molecule has 0 fully saturated rings. The van der Waals surface area contributed by atoms with E-state index in [2.05, 4.69) is 42.7 Å². The molecule has 0 heterocycles. The Morgan fingerprint density at radius 3 is 1.40 bits per heavy atom. The van der Waals surface area contributed by atoms with Gasteiger partial charge in [0.25, 0.3) is 0 Å². The molecule has 0 saturated carbocycles. The zero-order chi connectivity index (χ0) is 17.7. The third kappa shape index (κ3) is 6.00. The van der Waals surface area contributed by atoms with Crippen LogP contribution in [-0.2, 0) is 0 Å². The van der Waals surface area contributed by atoms with Crippen molar-refractivity contribution in [3.8, 4) is 0 Å². The third-order valence-electron chi connectivity index (χ3n) is 3.59. The summed E-state index contributed by atoms with van der Waals surface area (Å²) < 4.78 is 0. The highest BCUT2D eigenvalue weighted by atomic mass is 14.8. The summed E-state index contributed by atoms with van der Waals surface area (Å²) in [5.74, 6) is 0. The van der Waals surface area contributed by atoms with Gasteiger partial charge in [-0.2, -0.15) is 0 Å². The van der Waals surface area contributed by atoms with Gasteiger partial charge in [-0.25, -0.2) is 0 Å². The smallest absolute Gasteiger partial charge is 0.000464 e. The monoisotopic (exact) mass is 325 g/mol. The third-order valence-corrected chi connectivity index (χ3v) is 3.59. The van der Waals surface area contributed by atoms with Crippen LogP contribution in [0.5, 0.6) is 0 Å². The Bertz CT molecular complexity index is 721. The van der Waals surface area contributed by atoms with E-state index in [1.54, 1.807) is 0 Å². The summed E-state index contributed by atoms with van der Waals surface area (Å²) in [4.78, 5) is 0. The van der Waals surface area contributed by atoms with E-state index >= 15 is 0 Å². The molecule has 0 aromatic heterocycles. The van der Waals surface area contributed by atoms with Crippen molar-refractivity contribution in [2.75, 3.05) is 0 Å². The van der Waals surface area contributed by atoms with Gasteiger partial charge in [-0.3, -0.25) is 0 Å². The molecule has 0 saturated heterocycles. The van der Waals surface area contributed by atoms with Crippen molar-refractivity contribution in [3.05, 3.63) is 134 Å². The van der Waals surface area contributed by atoms with Crippen molar-refractivity contribution in [1.29, 1.82) is 0 Å². The van der Waals surface area contributed by atoms with Crippen LogP contribution in [0.25, 0.3) is 11.1 Å². The molecule has 2 rings (SSSR count). The number of allylic oxidation sites excluding steroid dienone is 8. The fourth-order valence-electron chi connectivity index (χ4n) is 2.30. The first-order valence-electron chi connectivity index (χ1n) is 8.20. The molecular formula is C24H23N. The summed E-state index contributed by atoms with van der Waals surface area (Å²) in [6.07, 6.45) is 15.5. The Balaban J connectivity index is 1.93. The Kier molecular flexibility index (Phi) is 7.54. The highest BCUT2D eigenvalue weighted by Crippen LogP contribution is 2.15. The van der Waals surface area contributed by atoms with Gasteiger partial charge >= 0.3 is 0 Å². The highest BCUT2D eigenvalue weighted by Gasteiger charge is 1.94. The van der Waals surface area contributed by atoms with Crippen LogP contribution < -0.4 is 5.32 Å². The maximum atomic E-state index is 3.87. The van der Waals surface area contributed by atoms with E-state index in [1.165, 1.54) is 0 Å². The first kappa shape index (κ1) is 18.0. The summed E-state index contributed by atoms with van der Waals surface area (Å²) in [6.45, 7) is 7.74. The summed E-state index contributed by atoms with van der Waals surface area (Å²) >= 11 is 0. The Morgan fingerprint density at radius 1 is 0.640 bits per heavy atom. The molecule has 124 valence electrons. The Hall–Kier alpha value is -3.32. The van der Waals surface area contributed by atoms with E-state index in [0.717, 1.165) is 22.3 Å². The van der Waals surface area contributed by atoms with Gasteiger partial charge in [0.15, 0.2) is 0 Å². The van der Waals surface area contributed by atoms with Crippen LogP contribution in [0.3, 0.4) is 0 Å². The minimum atomic E-state index is 1.08. The molecule has 1 N–H and O–H groups in total. The van der Waals surface area contributed by atoms with E-state index in [4.69, 9.17) is 0 Å². The average molecular weight is 325 g/mol. The minimum absolute atomic E-state index is 1.08. The molecular weight excluding hydrogens is 302 g/mol. The topological polar surface area (TPSA) is 12.0 Å². The maximum absolute atomic E-state index is 3.87. The molecule has 1 heteroatoms. The molecule has 2 aromatic rings. The number of hydrogen-bond donors (Lipinski definition) is 1. The number of rotatable bonds is 8. The van der Waals surface area contributed by atoms with Crippen LogP contribution in [0.2, 0.25) is 0 Å². The second-order valence-corrected chi connectivity index (χ2v) is 5.27. The van der Waals surface area contributed by atoms with Gasteiger partial charge in [0, 0.05) is 12.4 Å². The van der Waals surface area contributed by atoms with E-state index < -0.39 is 0 Å². The standard InChI is InChI=1S/C24H23N/c1-3-21(23-13-7-5-8-14-23)17-11-19-25-20-12-18-22(4-2)24-15-9-6-10-16-24/h3-20,25H,1-2H2/b19-11+,20-12+,21-17+,22-18+. The van der Waals surface area contributed by atoms with Crippen LogP contribution in [0.1, 0.15) is 11.1 Å². The van der Waals surface area contributed by atoms with Gasteiger partial charge < -0.3 is 5.32 Å². The highest BCUT2D eigenvalue weighted by molar-refractivity contribution is 5.75. The summed E-state index contributed by atoms with van der Waals surface area (Å²) in [7, 11) is 0. The van der Waals surface area contributed by atoms with Crippen LogP contribution in [0.4, 0.5) is 0 Å². The van der Waals surface area contributed by atoms with Crippen molar-refractivity contribution in [1.82, 2.24) is 5.32 Å². The zero-order valence-electron chi connectivity index (χ0n) is 14.3. The maximum Gasteiger partial charge on any atom is 0.000464 e. The van der Waals surface area contributed by atoms with Gasteiger partial charge in [0.05, 0.1) is 0 Å². The van der Waals surface area contributed by atoms with Crippen LogP contribution in [0.15, 0.2) is 123 Å².